The summed E-state index contributed by atoms with van der Waals surface area (Å²) in [6.07, 6.45) is 4.06. The molecule has 1 N–H and O–H groups in total. The first-order valence-electron chi connectivity index (χ1n) is 13.8. The van der Waals surface area contributed by atoms with E-state index in [9.17, 15) is 8.42 Å². The van der Waals surface area contributed by atoms with Crippen molar-refractivity contribution < 1.29 is 8.42 Å². The lowest BCUT2D eigenvalue weighted by Crippen LogP contribution is -2.32. The van der Waals surface area contributed by atoms with Gasteiger partial charge in [-0.1, -0.05) is 83.4 Å². The largest absolute Gasteiger partial charge is 0.299 e. The number of hydrogen-bond acceptors (Lipinski definition) is 4. The minimum atomic E-state index is -3.92. The van der Waals surface area contributed by atoms with Gasteiger partial charge in [-0.25, -0.2) is 8.42 Å². The van der Waals surface area contributed by atoms with E-state index < -0.39 is 10.0 Å². The van der Waals surface area contributed by atoms with Crippen LogP contribution in [0.15, 0.2) is 102 Å². The third kappa shape index (κ3) is 5.52. The smallest absolute Gasteiger partial charge is 0.262 e. The molecule has 6 heteroatoms. The van der Waals surface area contributed by atoms with Gasteiger partial charge in [-0.2, -0.15) is 0 Å². The van der Waals surface area contributed by atoms with E-state index in [2.05, 4.69) is 80.3 Å². The van der Waals surface area contributed by atoms with Crippen LogP contribution in [-0.2, 0) is 10.0 Å². The number of sulfonamides is 1. The molecule has 41 heavy (non-hydrogen) atoms. The van der Waals surface area contributed by atoms with Crippen LogP contribution in [0.5, 0.6) is 0 Å². The fourth-order valence-electron chi connectivity index (χ4n) is 5.85. The van der Waals surface area contributed by atoms with Crippen molar-refractivity contribution in [2.24, 2.45) is 0 Å². The van der Waals surface area contributed by atoms with Crippen molar-refractivity contribution in [1.29, 1.82) is 0 Å². The van der Waals surface area contributed by atoms with Crippen LogP contribution in [-0.4, -0.2) is 8.42 Å². The van der Waals surface area contributed by atoms with E-state index in [4.69, 9.17) is 0 Å². The summed E-state index contributed by atoms with van der Waals surface area (Å²) in [6, 6.07) is 25.3. The summed E-state index contributed by atoms with van der Waals surface area (Å²) >= 11 is 0. The average Bonchev–Trinajstić information content (AvgIpc) is 3.30. The Bertz CT molecular complexity index is 1670. The highest BCUT2D eigenvalue weighted by molar-refractivity contribution is 7.89. The number of anilines is 2. The van der Waals surface area contributed by atoms with Gasteiger partial charge in [0.15, 0.2) is 0 Å². The van der Waals surface area contributed by atoms with Crippen LogP contribution in [0, 0.1) is 48.5 Å². The summed E-state index contributed by atoms with van der Waals surface area (Å²) in [4.78, 5) is 4.44. The van der Waals surface area contributed by atoms with Gasteiger partial charge in [-0.3, -0.25) is 14.5 Å². The Morgan fingerprint density at radius 2 is 1.02 bits per heavy atom. The molecule has 0 radical (unpaired) electrons. The zero-order chi connectivity index (χ0) is 29.5. The standard InChI is InChI=1S/C35H37N3O2S/c1-23-13-15-31(16-14-23)41(39,40)36-32(30-11-9-8-10-12-30)35-37(33-26(4)19-24(2)20-27(33)5)17-18-38(35)34-28(6)21-25(3)22-29(34)7/h8-22,36H,1-7H3. The van der Waals surface area contributed by atoms with Gasteiger partial charge >= 0.3 is 0 Å². The Morgan fingerprint density at radius 1 is 0.585 bits per heavy atom. The molecule has 1 aliphatic heterocycles. The van der Waals surface area contributed by atoms with E-state index in [-0.39, 0.29) is 4.90 Å². The highest BCUT2D eigenvalue weighted by atomic mass is 32.2. The summed E-state index contributed by atoms with van der Waals surface area (Å²) < 4.78 is 30.9. The summed E-state index contributed by atoms with van der Waals surface area (Å²) in [6.45, 7) is 14.5. The monoisotopic (exact) mass is 563 g/mol. The maximum Gasteiger partial charge on any atom is 0.262 e. The summed E-state index contributed by atoms with van der Waals surface area (Å²) in [5.74, 6) is 0.719. The normalized spacial score (nSPS) is 13.2. The van der Waals surface area contributed by atoms with Crippen LogP contribution in [0.3, 0.4) is 0 Å². The lowest BCUT2D eigenvalue weighted by atomic mass is 10.0. The molecule has 0 atom stereocenters. The van der Waals surface area contributed by atoms with Gasteiger partial charge in [0.05, 0.1) is 22.0 Å². The van der Waals surface area contributed by atoms with Gasteiger partial charge in [0.2, 0.25) is 0 Å². The number of hydrogen-bond donors (Lipinski definition) is 1. The van der Waals surface area contributed by atoms with Crippen molar-refractivity contribution in [1.82, 2.24) is 4.72 Å². The number of benzene rings is 4. The third-order valence-corrected chi connectivity index (χ3v) is 8.79. The molecule has 4 aromatic rings. The zero-order valence-corrected chi connectivity index (χ0v) is 25.6. The Balaban J connectivity index is 1.82. The molecule has 0 unspecified atom stereocenters. The molecule has 0 saturated heterocycles. The van der Waals surface area contributed by atoms with Gasteiger partial charge < -0.3 is 0 Å². The Labute approximate surface area is 244 Å². The predicted octanol–water partition coefficient (Wildman–Crippen LogP) is 7.95. The molecule has 4 aromatic carbocycles. The zero-order valence-electron chi connectivity index (χ0n) is 24.8. The molecular formula is C35H37N3O2S. The van der Waals surface area contributed by atoms with E-state index in [0.29, 0.717) is 5.70 Å². The maximum atomic E-state index is 13.9. The Kier molecular flexibility index (Phi) is 7.54. The average molecular weight is 564 g/mol. The minimum Gasteiger partial charge on any atom is -0.299 e. The van der Waals surface area contributed by atoms with Crippen molar-refractivity contribution in [2.75, 3.05) is 9.80 Å². The van der Waals surface area contributed by atoms with Gasteiger partial charge in [-0.15, -0.1) is 0 Å². The molecule has 0 bridgehead atoms. The fourth-order valence-corrected chi connectivity index (χ4v) is 6.94. The molecule has 0 fully saturated rings. The topological polar surface area (TPSA) is 52.7 Å². The quantitative estimate of drug-likeness (QED) is 0.259. The Morgan fingerprint density at radius 3 is 1.46 bits per heavy atom. The molecular weight excluding hydrogens is 526 g/mol. The number of aryl methyl sites for hydroxylation is 7. The van der Waals surface area contributed by atoms with Gasteiger partial charge in [0.25, 0.3) is 10.0 Å². The number of nitrogens with one attached hydrogen (secondary N) is 1. The van der Waals surface area contributed by atoms with Crippen molar-refractivity contribution in [3.8, 4) is 0 Å². The molecule has 0 spiro atoms. The van der Waals surface area contributed by atoms with E-state index in [1.807, 2.05) is 61.8 Å². The second-order valence-electron chi connectivity index (χ2n) is 11.0. The summed E-state index contributed by atoms with van der Waals surface area (Å²) in [7, 11) is -3.92. The molecule has 5 rings (SSSR count). The van der Waals surface area contributed by atoms with Crippen LogP contribution in [0.2, 0.25) is 0 Å². The molecule has 1 aliphatic rings. The first-order chi connectivity index (χ1) is 19.5. The van der Waals surface area contributed by atoms with Crippen LogP contribution in [0.4, 0.5) is 11.4 Å². The molecule has 0 aromatic heterocycles. The molecule has 5 nitrogen and oxygen atoms in total. The van der Waals surface area contributed by atoms with E-state index in [1.165, 1.54) is 11.1 Å². The van der Waals surface area contributed by atoms with Gasteiger partial charge in [0.1, 0.15) is 5.82 Å². The first-order valence-corrected chi connectivity index (χ1v) is 15.3. The first kappa shape index (κ1) is 28.2. The number of rotatable bonds is 6. The molecule has 0 aliphatic carbocycles. The van der Waals surface area contributed by atoms with Crippen LogP contribution >= 0.6 is 0 Å². The number of nitrogens with zero attached hydrogens (tertiary/aromatic N) is 2. The van der Waals surface area contributed by atoms with Crippen LogP contribution < -0.4 is 14.5 Å². The second-order valence-corrected chi connectivity index (χ2v) is 12.7. The predicted molar refractivity (Wildman–Crippen MR) is 170 cm³/mol. The van der Waals surface area contributed by atoms with Gasteiger partial charge in [0, 0.05) is 18.0 Å². The third-order valence-electron chi connectivity index (χ3n) is 7.43. The highest BCUT2D eigenvalue weighted by Crippen LogP contribution is 2.41. The summed E-state index contributed by atoms with van der Waals surface area (Å²) in [5, 5.41) is 0. The van der Waals surface area contributed by atoms with E-state index in [0.717, 1.165) is 50.6 Å². The summed E-state index contributed by atoms with van der Waals surface area (Å²) in [5.41, 5.74) is 11.1. The molecule has 0 amide bonds. The van der Waals surface area contributed by atoms with Crippen molar-refractivity contribution in [3.63, 3.8) is 0 Å². The lowest BCUT2D eigenvalue weighted by Gasteiger charge is -2.32. The van der Waals surface area contributed by atoms with Crippen molar-refractivity contribution >= 4 is 27.1 Å². The van der Waals surface area contributed by atoms with Crippen LogP contribution in [0.1, 0.15) is 44.5 Å². The lowest BCUT2D eigenvalue weighted by molar-refractivity contribution is 0.591. The van der Waals surface area contributed by atoms with E-state index in [1.54, 1.807) is 12.1 Å². The fraction of sp³-hybridized carbons (Fsp3) is 0.200. The Hall–Kier alpha value is -4.29. The molecule has 0 saturated carbocycles. The SMILES string of the molecule is Cc1ccc(S(=O)(=O)NC(=C2N(c3c(C)cc(C)cc3C)C=CN2c2c(C)cc(C)cc2C)c2ccccc2)cc1. The maximum absolute atomic E-state index is 13.9. The van der Waals surface area contributed by atoms with E-state index >= 15 is 0 Å². The second kappa shape index (κ2) is 10.9. The van der Waals surface area contributed by atoms with Crippen molar-refractivity contribution in [2.45, 2.75) is 53.4 Å². The molecule has 210 valence electrons. The minimum absolute atomic E-state index is 0.214. The molecule has 1 heterocycles. The van der Waals surface area contributed by atoms with Gasteiger partial charge in [-0.05, 0) is 82.9 Å². The highest BCUT2D eigenvalue weighted by Gasteiger charge is 2.32. The van der Waals surface area contributed by atoms with Crippen molar-refractivity contribution in [3.05, 3.63) is 142 Å². The van der Waals surface area contributed by atoms with Crippen LogP contribution in [0.25, 0.3) is 5.70 Å².